The molecule has 2 rings (SSSR count). The van der Waals surface area contributed by atoms with E-state index in [0.29, 0.717) is 32.2 Å². The van der Waals surface area contributed by atoms with Gasteiger partial charge in [-0.2, -0.15) is 5.10 Å². The molecule has 0 unspecified atom stereocenters. The highest BCUT2D eigenvalue weighted by Crippen LogP contribution is 2.15. The van der Waals surface area contributed by atoms with Crippen molar-refractivity contribution in [2.75, 3.05) is 33.4 Å². The molecule has 1 aliphatic heterocycles. The summed E-state index contributed by atoms with van der Waals surface area (Å²) >= 11 is 0. The fourth-order valence-electron chi connectivity index (χ4n) is 2.09. The van der Waals surface area contributed by atoms with Crippen molar-refractivity contribution in [2.24, 2.45) is 5.92 Å². The number of hydrogen-bond acceptors (Lipinski definition) is 5. The first-order chi connectivity index (χ1) is 9.62. The van der Waals surface area contributed by atoms with Crippen molar-refractivity contribution >= 4 is 10.0 Å². The van der Waals surface area contributed by atoms with E-state index in [9.17, 15) is 8.42 Å². The summed E-state index contributed by atoms with van der Waals surface area (Å²) < 4.78 is 33.8. The summed E-state index contributed by atoms with van der Waals surface area (Å²) in [6.45, 7) is 3.29. The van der Waals surface area contributed by atoms with E-state index in [1.807, 2.05) is 7.05 Å². The lowest BCUT2D eigenvalue weighted by Crippen LogP contribution is -2.32. The van der Waals surface area contributed by atoms with Crippen LogP contribution >= 0.6 is 0 Å². The van der Waals surface area contributed by atoms with Gasteiger partial charge in [0, 0.05) is 32.5 Å². The molecule has 0 radical (unpaired) electrons. The van der Waals surface area contributed by atoms with Crippen LogP contribution in [0.4, 0.5) is 0 Å². The van der Waals surface area contributed by atoms with E-state index >= 15 is 0 Å². The molecule has 2 N–H and O–H groups in total. The number of likely N-dealkylation sites (N-methyl/N-ethyl adjacent to an activating group) is 1. The van der Waals surface area contributed by atoms with Gasteiger partial charge in [-0.1, -0.05) is 0 Å². The molecule has 8 heteroatoms. The third-order valence-corrected chi connectivity index (χ3v) is 4.79. The van der Waals surface area contributed by atoms with Crippen LogP contribution in [-0.4, -0.2) is 51.5 Å². The van der Waals surface area contributed by atoms with Gasteiger partial charge in [-0.3, -0.25) is 4.68 Å². The zero-order chi connectivity index (χ0) is 14.4. The average Bonchev–Trinajstić information content (AvgIpc) is 2.94. The first-order valence-electron chi connectivity index (χ1n) is 6.86. The summed E-state index contributed by atoms with van der Waals surface area (Å²) in [7, 11) is -1.61. The lowest BCUT2D eigenvalue weighted by atomic mass is 10.0. The van der Waals surface area contributed by atoms with Gasteiger partial charge in [-0.15, -0.1) is 0 Å². The molecule has 0 saturated carbocycles. The molecule has 1 aliphatic rings. The van der Waals surface area contributed by atoms with Crippen molar-refractivity contribution in [3.05, 3.63) is 12.4 Å². The van der Waals surface area contributed by atoms with Crippen molar-refractivity contribution in [1.29, 1.82) is 0 Å². The number of aromatic nitrogens is 2. The normalized spacial score (nSPS) is 17.4. The van der Waals surface area contributed by atoms with Crippen LogP contribution in [0.3, 0.4) is 0 Å². The highest BCUT2D eigenvalue weighted by Gasteiger charge is 2.20. The van der Waals surface area contributed by atoms with Gasteiger partial charge in [-0.05, 0) is 25.8 Å². The van der Waals surface area contributed by atoms with Crippen LogP contribution in [0, 0.1) is 5.92 Å². The predicted octanol–water partition coefficient (Wildman–Crippen LogP) is -0.193. The zero-order valence-electron chi connectivity index (χ0n) is 11.7. The number of rotatable bonds is 7. The fraction of sp³-hybridized carbons (Fsp3) is 0.750. The van der Waals surface area contributed by atoms with Gasteiger partial charge in [0.05, 0.1) is 12.7 Å². The van der Waals surface area contributed by atoms with E-state index in [1.165, 1.54) is 6.20 Å². The minimum Gasteiger partial charge on any atom is -0.381 e. The third kappa shape index (κ3) is 4.27. The van der Waals surface area contributed by atoms with E-state index < -0.39 is 10.0 Å². The van der Waals surface area contributed by atoms with Crippen molar-refractivity contribution in [3.63, 3.8) is 0 Å². The zero-order valence-corrected chi connectivity index (χ0v) is 12.5. The molecular formula is C12H22N4O3S. The van der Waals surface area contributed by atoms with E-state index in [4.69, 9.17) is 4.74 Å². The summed E-state index contributed by atoms with van der Waals surface area (Å²) in [5.41, 5.74) is 0. The Hall–Kier alpha value is -0.960. The lowest BCUT2D eigenvalue weighted by Gasteiger charge is -2.21. The second kappa shape index (κ2) is 7.16. The summed E-state index contributed by atoms with van der Waals surface area (Å²) in [5.74, 6) is 0.359. The molecule has 1 fully saturated rings. The smallest absolute Gasteiger partial charge is 0.243 e. The van der Waals surface area contributed by atoms with E-state index in [0.717, 1.165) is 19.4 Å². The molecule has 1 aromatic rings. The quantitative estimate of drug-likeness (QED) is 0.729. The van der Waals surface area contributed by atoms with Crippen LogP contribution in [0.5, 0.6) is 0 Å². The lowest BCUT2D eigenvalue weighted by molar-refractivity contribution is 0.0678. The molecular weight excluding hydrogens is 280 g/mol. The van der Waals surface area contributed by atoms with Gasteiger partial charge in [0.25, 0.3) is 0 Å². The summed E-state index contributed by atoms with van der Waals surface area (Å²) in [6.07, 6.45) is 4.76. The van der Waals surface area contributed by atoms with Gasteiger partial charge in [0.2, 0.25) is 10.0 Å². The van der Waals surface area contributed by atoms with Crippen LogP contribution < -0.4 is 10.0 Å². The maximum Gasteiger partial charge on any atom is 0.243 e. The van der Waals surface area contributed by atoms with Crippen molar-refractivity contribution in [2.45, 2.75) is 24.3 Å². The summed E-state index contributed by atoms with van der Waals surface area (Å²) in [6, 6.07) is 0. The highest BCUT2D eigenvalue weighted by molar-refractivity contribution is 7.89. The molecule has 0 bridgehead atoms. The molecule has 0 amide bonds. The molecule has 0 atom stereocenters. The number of nitrogens with one attached hydrogen (secondary N) is 2. The molecule has 20 heavy (non-hydrogen) atoms. The van der Waals surface area contributed by atoms with Crippen LogP contribution in [-0.2, 0) is 21.3 Å². The molecule has 0 aliphatic carbocycles. The Balaban J connectivity index is 1.90. The number of hydrogen-bond donors (Lipinski definition) is 2. The maximum atomic E-state index is 12.2. The Kier molecular flexibility index (Phi) is 5.53. The molecule has 114 valence electrons. The molecule has 7 nitrogen and oxygen atoms in total. The Morgan fingerprint density at radius 2 is 2.20 bits per heavy atom. The third-order valence-electron chi connectivity index (χ3n) is 3.41. The van der Waals surface area contributed by atoms with Crippen LogP contribution in [0.25, 0.3) is 0 Å². The Bertz CT molecular complexity index is 509. The maximum absolute atomic E-state index is 12.2. The van der Waals surface area contributed by atoms with Gasteiger partial charge in [-0.25, -0.2) is 13.1 Å². The highest BCUT2D eigenvalue weighted by atomic mass is 32.2. The standard InChI is InChI=1S/C12H22N4O3S/c1-13-4-5-16-10-12(9-14-16)20(17,18)15-8-11-2-6-19-7-3-11/h9-11,13,15H,2-8H2,1H3. The fourth-order valence-corrected chi connectivity index (χ4v) is 3.16. The second-order valence-electron chi connectivity index (χ2n) is 4.95. The van der Waals surface area contributed by atoms with E-state index in [1.54, 1.807) is 10.9 Å². The van der Waals surface area contributed by atoms with Crippen LogP contribution in [0.2, 0.25) is 0 Å². The van der Waals surface area contributed by atoms with Gasteiger partial charge >= 0.3 is 0 Å². The predicted molar refractivity (Wildman–Crippen MR) is 74.9 cm³/mol. The molecule has 0 aromatic carbocycles. The topological polar surface area (TPSA) is 85.2 Å². The Morgan fingerprint density at radius 1 is 1.45 bits per heavy atom. The van der Waals surface area contributed by atoms with Crippen molar-refractivity contribution in [3.8, 4) is 0 Å². The second-order valence-corrected chi connectivity index (χ2v) is 6.72. The minimum atomic E-state index is -3.46. The SMILES string of the molecule is CNCCn1cc(S(=O)(=O)NCC2CCOCC2)cn1. The molecule has 1 aromatic heterocycles. The molecule has 2 heterocycles. The van der Waals surface area contributed by atoms with E-state index in [-0.39, 0.29) is 4.90 Å². The van der Waals surface area contributed by atoms with Crippen molar-refractivity contribution in [1.82, 2.24) is 19.8 Å². The van der Waals surface area contributed by atoms with Crippen LogP contribution in [0.1, 0.15) is 12.8 Å². The van der Waals surface area contributed by atoms with E-state index in [2.05, 4.69) is 15.1 Å². The molecule has 0 spiro atoms. The summed E-state index contributed by atoms with van der Waals surface area (Å²) in [4.78, 5) is 0.223. The van der Waals surface area contributed by atoms with Crippen molar-refractivity contribution < 1.29 is 13.2 Å². The van der Waals surface area contributed by atoms with Gasteiger partial charge in [0.15, 0.2) is 0 Å². The monoisotopic (exact) mass is 302 g/mol. The van der Waals surface area contributed by atoms with Gasteiger partial charge in [0.1, 0.15) is 4.90 Å². The number of nitrogens with zero attached hydrogens (tertiary/aromatic N) is 2. The number of sulfonamides is 1. The van der Waals surface area contributed by atoms with Gasteiger partial charge < -0.3 is 10.1 Å². The average molecular weight is 302 g/mol. The largest absolute Gasteiger partial charge is 0.381 e. The first kappa shape index (κ1) is 15.4. The minimum absolute atomic E-state index is 0.223. The molecule has 1 saturated heterocycles. The summed E-state index contributed by atoms with van der Waals surface area (Å²) in [5, 5.41) is 7.05. The number of ether oxygens (including phenoxy) is 1. The van der Waals surface area contributed by atoms with Crippen LogP contribution in [0.15, 0.2) is 17.3 Å². The Morgan fingerprint density at radius 3 is 2.90 bits per heavy atom. The Labute approximate surface area is 119 Å². The first-order valence-corrected chi connectivity index (χ1v) is 8.34.